The summed E-state index contributed by atoms with van der Waals surface area (Å²) in [5, 5.41) is 7.88. The van der Waals surface area contributed by atoms with Crippen molar-refractivity contribution in [1.29, 1.82) is 0 Å². The standard InChI is InChI=1S/C41H29N/c1-41(2)34-20-9-8-19-32(34)39-37-29(16-11-21-35(37)41)25-33-38-31-18-7-6-14-27(31)22-23-36(38)42(40(33)39)30-17-10-15-28(24-30)26-12-4-3-5-13-26/h3-25H,1-2H3. The van der Waals surface area contributed by atoms with E-state index in [0.29, 0.717) is 0 Å². The molecule has 1 aliphatic carbocycles. The van der Waals surface area contributed by atoms with E-state index in [1.807, 2.05) is 0 Å². The van der Waals surface area contributed by atoms with Crippen molar-refractivity contribution in [3.63, 3.8) is 0 Å². The summed E-state index contributed by atoms with van der Waals surface area (Å²) in [6.45, 7) is 4.75. The van der Waals surface area contributed by atoms with Gasteiger partial charge in [-0.2, -0.15) is 0 Å². The average molecular weight is 536 g/mol. The van der Waals surface area contributed by atoms with Crippen LogP contribution in [0.25, 0.3) is 71.3 Å². The Kier molecular flexibility index (Phi) is 4.73. The molecule has 198 valence electrons. The number of aromatic nitrogens is 1. The molecule has 1 aliphatic rings. The number of fused-ring (bicyclic) bond motifs is 8. The summed E-state index contributed by atoms with van der Waals surface area (Å²) < 4.78 is 2.53. The lowest BCUT2D eigenvalue weighted by Gasteiger charge is -2.35. The minimum Gasteiger partial charge on any atom is -0.309 e. The molecule has 7 aromatic carbocycles. The fraction of sp³-hybridized carbons (Fsp3) is 0.0732. The summed E-state index contributed by atoms with van der Waals surface area (Å²) in [5.41, 5.74) is 11.5. The highest BCUT2D eigenvalue weighted by atomic mass is 15.0. The maximum Gasteiger partial charge on any atom is 0.0626 e. The van der Waals surface area contributed by atoms with Gasteiger partial charge in [-0.15, -0.1) is 0 Å². The van der Waals surface area contributed by atoms with E-state index in [1.54, 1.807) is 0 Å². The molecular weight excluding hydrogens is 506 g/mol. The Hall–Kier alpha value is -5.14. The van der Waals surface area contributed by atoms with E-state index in [9.17, 15) is 0 Å². The number of hydrogen-bond acceptors (Lipinski definition) is 0. The van der Waals surface area contributed by atoms with E-state index in [4.69, 9.17) is 0 Å². The highest BCUT2D eigenvalue weighted by molar-refractivity contribution is 6.28. The molecule has 1 nitrogen and oxygen atoms in total. The quantitative estimate of drug-likeness (QED) is 0.207. The summed E-state index contributed by atoms with van der Waals surface area (Å²) >= 11 is 0. The minimum absolute atomic E-state index is 0.0897. The van der Waals surface area contributed by atoms with Crippen LogP contribution in [0, 0.1) is 0 Å². The second-order valence-electron chi connectivity index (χ2n) is 12.2. The van der Waals surface area contributed by atoms with Crippen molar-refractivity contribution in [2.75, 3.05) is 0 Å². The summed E-state index contributed by atoms with van der Waals surface area (Å²) in [7, 11) is 0. The third kappa shape index (κ3) is 3.08. The first-order chi connectivity index (χ1) is 20.6. The van der Waals surface area contributed by atoms with Crippen LogP contribution in [0.5, 0.6) is 0 Å². The van der Waals surface area contributed by atoms with Crippen molar-refractivity contribution in [3.05, 3.63) is 151 Å². The molecule has 0 radical (unpaired) electrons. The molecule has 0 unspecified atom stereocenters. The van der Waals surface area contributed by atoms with Crippen LogP contribution in [0.1, 0.15) is 25.0 Å². The van der Waals surface area contributed by atoms with E-state index in [1.165, 1.54) is 82.4 Å². The summed E-state index contributed by atoms with van der Waals surface area (Å²) in [6, 6.07) is 51.6. The Morgan fingerprint density at radius 1 is 0.500 bits per heavy atom. The molecule has 1 aromatic heterocycles. The van der Waals surface area contributed by atoms with Gasteiger partial charge in [0.2, 0.25) is 0 Å². The van der Waals surface area contributed by atoms with Gasteiger partial charge in [-0.05, 0) is 73.6 Å². The predicted molar refractivity (Wildman–Crippen MR) is 179 cm³/mol. The molecule has 1 heteroatoms. The molecule has 0 fully saturated rings. The molecule has 42 heavy (non-hydrogen) atoms. The smallest absolute Gasteiger partial charge is 0.0626 e. The van der Waals surface area contributed by atoms with Crippen molar-refractivity contribution in [2.24, 2.45) is 0 Å². The molecule has 0 amide bonds. The highest BCUT2D eigenvalue weighted by Gasteiger charge is 2.35. The van der Waals surface area contributed by atoms with Crippen LogP contribution in [-0.2, 0) is 5.41 Å². The Morgan fingerprint density at radius 2 is 1.21 bits per heavy atom. The summed E-state index contributed by atoms with van der Waals surface area (Å²) in [5.74, 6) is 0. The van der Waals surface area contributed by atoms with Crippen LogP contribution in [0.15, 0.2) is 140 Å². The molecule has 8 aromatic rings. The highest BCUT2D eigenvalue weighted by Crippen LogP contribution is 2.53. The SMILES string of the molecule is CC1(C)c2ccccc2-c2c3c1cccc3cc1c3c4ccccc4ccc3n(-c3cccc(-c4ccccc4)c3)c21. The van der Waals surface area contributed by atoms with E-state index < -0.39 is 0 Å². The molecule has 1 heterocycles. The molecule has 9 rings (SSSR count). The van der Waals surface area contributed by atoms with Crippen molar-refractivity contribution < 1.29 is 0 Å². The molecule has 0 aliphatic heterocycles. The number of rotatable bonds is 2. The van der Waals surface area contributed by atoms with Crippen LogP contribution in [0.2, 0.25) is 0 Å². The first kappa shape index (κ1) is 23.6. The van der Waals surface area contributed by atoms with Gasteiger partial charge in [0, 0.05) is 27.4 Å². The average Bonchev–Trinajstić information content (AvgIpc) is 3.38. The van der Waals surface area contributed by atoms with Gasteiger partial charge >= 0.3 is 0 Å². The van der Waals surface area contributed by atoms with E-state index >= 15 is 0 Å². The third-order valence-corrected chi connectivity index (χ3v) is 9.53. The van der Waals surface area contributed by atoms with E-state index in [-0.39, 0.29) is 5.41 Å². The molecule has 0 saturated heterocycles. The largest absolute Gasteiger partial charge is 0.309 e. The lowest BCUT2D eigenvalue weighted by Crippen LogP contribution is -2.23. The third-order valence-electron chi connectivity index (χ3n) is 9.53. The van der Waals surface area contributed by atoms with Crippen LogP contribution in [0.4, 0.5) is 0 Å². The molecule has 0 N–H and O–H groups in total. The molecular formula is C41H29N. The maximum absolute atomic E-state index is 2.53. The van der Waals surface area contributed by atoms with Crippen molar-refractivity contribution in [1.82, 2.24) is 4.57 Å². The van der Waals surface area contributed by atoms with Crippen LogP contribution < -0.4 is 0 Å². The Balaban J connectivity index is 1.54. The van der Waals surface area contributed by atoms with Crippen molar-refractivity contribution in [3.8, 4) is 27.9 Å². The molecule has 0 bridgehead atoms. The van der Waals surface area contributed by atoms with Gasteiger partial charge in [-0.25, -0.2) is 0 Å². The summed E-state index contributed by atoms with van der Waals surface area (Å²) in [4.78, 5) is 0. The first-order valence-corrected chi connectivity index (χ1v) is 14.8. The first-order valence-electron chi connectivity index (χ1n) is 14.8. The zero-order valence-corrected chi connectivity index (χ0v) is 23.7. The van der Waals surface area contributed by atoms with Crippen LogP contribution in [0.3, 0.4) is 0 Å². The zero-order valence-electron chi connectivity index (χ0n) is 23.7. The van der Waals surface area contributed by atoms with Crippen LogP contribution >= 0.6 is 0 Å². The number of nitrogens with zero attached hydrogens (tertiary/aromatic N) is 1. The fourth-order valence-electron chi connectivity index (χ4n) is 7.62. The summed E-state index contributed by atoms with van der Waals surface area (Å²) in [6.07, 6.45) is 0. The van der Waals surface area contributed by atoms with E-state index in [0.717, 1.165) is 0 Å². The van der Waals surface area contributed by atoms with Gasteiger partial charge in [-0.3, -0.25) is 0 Å². The zero-order chi connectivity index (χ0) is 28.0. The lowest BCUT2D eigenvalue weighted by molar-refractivity contribution is 0.645. The Morgan fingerprint density at radius 3 is 2.12 bits per heavy atom. The number of hydrogen-bond donors (Lipinski definition) is 0. The van der Waals surface area contributed by atoms with E-state index in [2.05, 4.69) is 158 Å². The van der Waals surface area contributed by atoms with Gasteiger partial charge in [0.05, 0.1) is 11.0 Å². The van der Waals surface area contributed by atoms with Crippen molar-refractivity contribution in [2.45, 2.75) is 19.3 Å². The van der Waals surface area contributed by atoms with Gasteiger partial charge in [0.15, 0.2) is 0 Å². The number of benzene rings is 7. The maximum atomic E-state index is 2.53. The second-order valence-corrected chi connectivity index (χ2v) is 12.2. The van der Waals surface area contributed by atoms with Gasteiger partial charge in [0.1, 0.15) is 0 Å². The fourth-order valence-corrected chi connectivity index (χ4v) is 7.62. The van der Waals surface area contributed by atoms with Crippen LogP contribution in [-0.4, -0.2) is 4.57 Å². The molecule has 0 atom stereocenters. The monoisotopic (exact) mass is 535 g/mol. The minimum atomic E-state index is -0.0897. The lowest BCUT2D eigenvalue weighted by atomic mass is 9.68. The molecule has 0 saturated carbocycles. The van der Waals surface area contributed by atoms with Crippen molar-refractivity contribution >= 4 is 43.4 Å². The Bertz CT molecular complexity index is 2370. The van der Waals surface area contributed by atoms with Gasteiger partial charge in [-0.1, -0.05) is 129 Å². The Labute approximate surface area is 245 Å². The molecule has 0 spiro atoms. The normalized spacial score (nSPS) is 13.7. The second kappa shape index (κ2) is 8.44. The predicted octanol–water partition coefficient (Wildman–Crippen LogP) is 11.1. The van der Waals surface area contributed by atoms with Gasteiger partial charge < -0.3 is 4.57 Å². The van der Waals surface area contributed by atoms with Gasteiger partial charge in [0.25, 0.3) is 0 Å². The topological polar surface area (TPSA) is 4.93 Å².